The van der Waals surface area contributed by atoms with Crippen molar-refractivity contribution >= 4 is 22.6 Å². The molecule has 128 valence electrons. The molecular weight excluding hydrogens is 319 g/mol. The van der Waals surface area contributed by atoms with Crippen LogP contribution in [0.25, 0.3) is 11.0 Å². The van der Waals surface area contributed by atoms with Crippen LogP contribution in [0.2, 0.25) is 0 Å². The number of halogens is 1. The van der Waals surface area contributed by atoms with Gasteiger partial charge in [-0.3, -0.25) is 4.79 Å². The van der Waals surface area contributed by atoms with Crippen LogP contribution in [0.3, 0.4) is 0 Å². The molecule has 0 spiro atoms. The fourth-order valence-electron chi connectivity index (χ4n) is 2.76. The van der Waals surface area contributed by atoms with Crippen molar-refractivity contribution < 1.29 is 13.6 Å². The van der Waals surface area contributed by atoms with Crippen molar-refractivity contribution in [3.8, 4) is 0 Å². The lowest BCUT2D eigenvalue weighted by atomic mass is 10.1. The van der Waals surface area contributed by atoms with Crippen molar-refractivity contribution in [3.63, 3.8) is 0 Å². The van der Waals surface area contributed by atoms with Gasteiger partial charge in [-0.15, -0.1) is 0 Å². The average Bonchev–Trinajstić information content (AvgIpc) is 2.94. The molecule has 0 bridgehead atoms. The fraction of sp³-hybridized carbons (Fsp3) is 0.150. The number of rotatable bonds is 7. The molecule has 0 aliphatic carbocycles. The highest BCUT2D eigenvalue weighted by Crippen LogP contribution is 2.32. The summed E-state index contributed by atoms with van der Waals surface area (Å²) in [5.74, 6) is -1.15. The maximum atomic E-state index is 13.5. The number of hydrogen-bond donors (Lipinski definition) is 2. The maximum Gasteiger partial charge on any atom is 0.286 e. The predicted molar refractivity (Wildman–Crippen MR) is 96.8 cm³/mol. The van der Waals surface area contributed by atoms with Crippen LogP contribution in [-0.4, -0.2) is 5.91 Å². The largest absolute Gasteiger partial charge is 0.449 e. The van der Waals surface area contributed by atoms with E-state index >= 15 is 0 Å². The number of amides is 1. The van der Waals surface area contributed by atoms with Crippen LogP contribution in [0.5, 0.6) is 0 Å². The van der Waals surface area contributed by atoms with Crippen LogP contribution in [0, 0.1) is 5.82 Å². The van der Waals surface area contributed by atoms with E-state index in [1.165, 1.54) is 23.8 Å². The molecule has 0 saturated carbocycles. The van der Waals surface area contributed by atoms with E-state index in [4.69, 9.17) is 10.2 Å². The van der Waals surface area contributed by atoms with Crippen LogP contribution in [0.15, 0.2) is 65.2 Å². The minimum atomic E-state index is -0.712. The Hall–Kier alpha value is -3.08. The summed E-state index contributed by atoms with van der Waals surface area (Å²) in [5, 5.41) is 3.54. The zero-order chi connectivity index (χ0) is 17.8. The lowest BCUT2D eigenvalue weighted by Gasteiger charge is -2.09. The van der Waals surface area contributed by atoms with E-state index in [0.717, 1.165) is 12.8 Å². The topological polar surface area (TPSA) is 68.3 Å². The van der Waals surface area contributed by atoms with Crippen LogP contribution < -0.4 is 11.1 Å². The second-order valence-corrected chi connectivity index (χ2v) is 5.88. The van der Waals surface area contributed by atoms with Gasteiger partial charge in [0.1, 0.15) is 11.4 Å². The standard InChI is InChI=1S/C20H19FN2O2/c1-13(6-5-9-14-7-3-2-4-8-14)23-18-16-12-15(21)10-11-17(16)25-19(18)20(22)24/h2-4,7-8,10-12,23H,1,5-6,9H2,(H2,22,24). The molecule has 2 aromatic carbocycles. The Morgan fingerprint density at radius 2 is 1.96 bits per heavy atom. The van der Waals surface area contributed by atoms with Gasteiger partial charge in [-0.05, 0) is 43.0 Å². The monoisotopic (exact) mass is 338 g/mol. The highest BCUT2D eigenvalue weighted by atomic mass is 19.1. The Labute approximate surface area is 145 Å². The summed E-state index contributed by atoms with van der Waals surface area (Å²) in [6, 6.07) is 14.2. The first-order chi connectivity index (χ1) is 12.0. The number of hydrogen-bond acceptors (Lipinski definition) is 3. The first-order valence-corrected chi connectivity index (χ1v) is 8.05. The number of benzene rings is 2. The van der Waals surface area contributed by atoms with Gasteiger partial charge in [0, 0.05) is 11.1 Å². The van der Waals surface area contributed by atoms with E-state index in [-0.39, 0.29) is 5.76 Å². The molecule has 1 amide bonds. The number of fused-ring (bicyclic) bond motifs is 1. The van der Waals surface area contributed by atoms with Crippen LogP contribution in [0.1, 0.15) is 29.0 Å². The molecule has 1 heterocycles. The Balaban J connectivity index is 1.73. The molecular formula is C20H19FN2O2. The van der Waals surface area contributed by atoms with Gasteiger partial charge in [0.05, 0.1) is 5.69 Å². The quantitative estimate of drug-likeness (QED) is 0.660. The molecule has 0 unspecified atom stereocenters. The van der Waals surface area contributed by atoms with Gasteiger partial charge in [0.25, 0.3) is 5.91 Å². The number of carbonyl (C=O) groups is 1. The SMILES string of the molecule is C=C(CCCc1ccccc1)Nc1c(C(N)=O)oc2ccc(F)cc12. The lowest BCUT2D eigenvalue weighted by Crippen LogP contribution is -2.12. The normalized spacial score (nSPS) is 10.8. The molecule has 0 aliphatic heterocycles. The highest BCUT2D eigenvalue weighted by molar-refractivity contribution is 6.06. The second-order valence-electron chi connectivity index (χ2n) is 5.88. The highest BCUT2D eigenvalue weighted by Gasteiger charge is 2.19. The molecule has 0 radical (unpaired) electrons. The van der Waals surface area contributed by atoms with Gasteiger partial charge >= 0.3 is 0 Å². The predicted octanol–water partition coefficient (Wildman–Crippen LogP) is 4.62. The zero-order valence-corrected chi connectivity index (χ0v) is 13.7. The van der Waals surface area contributed by atoms with E-state index in [2.05, 4.69) is 24.0 Å². The van der Waals surface area contributed by atoms with E-state index < -0.39 is 11.7 Å². The Kier molecular flexibility index (Phi) is 4.84. The summed E-state index contributed by atoms with van der Waals surface area (Å²) < 4.78 is 19.0. The van der Waals surface area contributed by atoms with Crippen molar-refractivity contribution in [3.05, 3.63) is 77.9 Å². The molecule has 4 nitrogen and oxygen atoms in total. The lowest BCUT2D eigenvalue weighted by molar-refractivity contribution is 0.0977. The Bertz CT molecular complexity index is 916. The molecule has 0 saturated heterocycles. The zero-order valence-electron chi connectivity index (χ0n) is 13.7. The van der Waals surface area contributed by atoms with E-state index in [0.29, 0.717) is 28.8 Å². The summed E-state index contributed by atoms with van der Waals surface area (Å²) >= 11 is 0. The van der Waals surface area contributed by atoms with Gasteiger partial charge < -0.3 is 15.5 Å². The average molecular weight is 338 g/mol. The summed E-state index contributed by atoms with van der Waals surface area (Å²) in [6.07, 6.45) is 2.52. The van der Waals surface area contributed by atoms with Crippen LogP contribution in [0.4, 0.5) is 10.1 Å². The van der Waals surface area contributed by atoms with Crippen LogP contribution in [-0.2, 0) is 6.42 Å². The molecule has 3 rings (SSSR count). The third kappa shape index (κ3) is 3.88. The number of furan rings is 1. The summed E-state index contributed by atoms with van der Waals surface area (Å²) in [5.41, 5.74) is 8.10. The van der Waals surface area contributed by atoms with Crippen molar-refractivity contribution in [2.24, 2.45) is 5.73 Å². The van der Waals surface area contributed by atoms with E-state index in [9.17, 15) is 9.18 Å². The smallest absolute Gasteiger partial charge is 0.286 e. The number of nitrogens with one attached hydrogen (secondary N) is 1. The molecule has 0 fully saturated rings. The van der Waals surface area contributed by atoms with Gasteiger partial charge in [0.15, 0.2) is 0 Å². The van der Waals surface area contributed by atoms with Crippen molar-refractivity contribution in [1.29, 1.82) is 0 Å². The van der Waals surface area contributed by atoms with Crippen LogP contribution >= 0.6 is 0 Å². The molecule has 0 atom stereocenters. The minimum Gasteiger partial charge on any atom is -0.449 e. The number of primary amides is 1. The number of carbonyl (C=O) groups excluding carboxylic acids is 1. The molecule has 5 heteroatoms. The maximum absolute atomic E-state index is 13.5. The van der Waals surface area contributed by atoms with Gasteiger partial charge in [-0.25, -0.2) is 4.39 Å². The third-order valence-corrected chi connectivity index (χ3v) is 3.96. The number of aryl methyl sites for hydroxylation is 1. The van der Waals surface area contributed by atoms with Crippen molar-refractivity contribution in [1.82, 2.24) is 0 Å². The molecule has 1 aromatic heterocycles. The fourth-order valence-corrected chi connectivity index (χ4v) is 2.76. The molecule has 3 N–H and O–H groups in total. The molecule has 25 heavy (non-hydrogen) atoms. The second kappa shape index (κ2) is 7.21. The van der Waals surface area contributed by atoms with Crippen molar-refractivity contribution in [2.45, 2.75) is 19.3 Å². The van der Waals surface area contributed by atoms with Gasteiger partial charge in [-0.1, -0.05) is 36.9 Å². The van der Waals surface area contributed by atoms with Gasteiger partial charge in [0.2, 0.25) is 5.76 Å². The van der Waals surface area contributed by atoms with E-state index in [1.807, 2.05) is 18.2 Å². The molecule has 0 aliphatic rings. The summed E-state index contributed by atoms with van der Waals surface area (Å²) in [4.78, 5) is 11.6. The first-order valence-electron chi connectivity index (χ1n) is 8.05. The van der Waals surface area contributed by atoms with Crippen molar-refractivity contribution in [2.75, 3.05) is 5.32 Å². The molecule has 3 aromatic rings. The minimum absolute atomic E-state index is 0.0233. The third-order valence-electron chi connectivity index (χ3n) is 3.96. The van der Waals surface area contributed by atoms with Gasteiger partial charge in [-0.2, -0.15) is 0 Å². The Morgan fingerprint density at radius 3 is 2.68 bits per heavy atom. The number of allylic oxidation sites excluding steroid dienone is 1. The number of anilines is 1. The van der Waals surface area contributed by atoms with E-state index in [1.54, 1.807) is 0 Å². The first kappa shape index (κ1) is 16.8. The number of nitrogens with two attached hydrogens (primary N) is 1. The summed E-state index contributed by atoms with van der Waals surface area (Å²) in [6.45, 7) is 3.99. The Morgan fingerprint density at radius 1 is 1.20 bits per heavy atom. The summed E-state index contributed by atoms with van der Waals surface area (Å²) in [7, 11) is 0.